The Bertz CT molecular complexity index is 316. The van der Waals surface area contributed by atoms with Crippen LogP contribution in [0.15, 0.2) is 16.3 Å². The molecule has 4 nitrogen and oxygen atoms in total. The number of carbonyl (C=O) groups excluding carboxylic acids is 1. The van der Waals surface area contributed by atoms with Crippen molar-refractivity contribution < 1.29 is 15.0 Å². The van der Waals surface area contributed by atoms with Crippen molar-refractivity contribution in [2.24, 2.45) is 10.4 Å². The Kier molecular flexibility index (Phi) is 3.63. The van der Waals surface area contributed by atoms with E-state index in [1.807, 2.05) is 13.8 Å². The largest absolute Gasteiger partial charge is 0.511 e. The van der Waals surface area contributed by atoms with Crippen LogP contribution in [0.3, 0.4) is 0 Å². The van der Waals surface area contributed by atoms with Crippen molar-refractivity contribution in [2.45, 2.75) is 26.7 Å². The number of hydrogen-bond donors (Lipinski definition) is 2. The maximum absolute atomic E-state index is 11.6. The number of rotatable bonds is 3. The minimum absolute atomic E-state index is 0.0514. The fraction of sp³-hybridized carbons (Fsp3) is 0.636. The van der Waals surface area contributed by atoms with Gasteiger partial charge in [-0.2, -0.15) is 0 Å². The SMILES string of the molecule is CC1(C)CC(=O)C(C=NCCO)=C(O)C1. The van der Waals surface area contributed by atoms with Gasteiger partial charge < -0.3 is 10.2 Å². The van der Waals surface area contributed by atoms with Crippen LogP contribution in [0, 0.1) is 5.41 Å². The first-order chi connectivity index (χ1) is 6.96. The maximum atomic E-state index is 11.6. The number of aliphatic hydroxyl groups is 2. The minimum atomic E-state index is -0.171. The van der Waals surface area contributed by atoms with Crippen molar-refractivity contribution in [3.8, 4) is 0 Å². The van der Waals surface area contributed by atoms with E-state index in [9.17, 15) is 9.90 Å². The first kappa shape index (κ1) is 11.9. The van der Waals surface area contributed by atoms with Crippen LogP contribution in [0.4, 0.5) is 0 Å². The molecule has 84 valence electrons. The van der Waals surface area contributed by atoms with Gasteiger partial charge in [0.2, 0.25) is 0 Å². The number of aliphatic hydroxyl groups excluding tert-OH is 2. The first-order valence-electron chi connectivity index (χ1n) is 5.02. The van der Waals surface area contributed by atoms with Gasteiger partial charge in [0.25, 0.3) is 0 Å². The second kappa shape index (κ2) is 4.57. The lowest BCUT2D eigenvalue weighted by molar-refractivity contribution is -0.117. The Morgan fingerprint density at radius 2 is 2.13 bits per heavy atom. The smallest absolute Gasteiger partial charge is 0.168 e. The van der Waals surface area contributed by atoms with Crippen LogP contribution in [0.1, 0.15) is 26.7 Å². The summed E-state index contributed by atoms with van der Waals surface area (Å²) in [4.78, 5) is 15.5. The number of carbonyl (C=O) groups is 1. The quantitative estimate of drug-likeness (QED) is 0.690. The van der Waals surface area contributed by atoms with Gasteiger partial charge in [0, 0.05) is 19.1 Å². The zero-order valence-corrected chi connectivity index (χ0v) is 9.16. The van der Waals surface area contributed by atoms with Gasteiger partial charge in [-0.1, -0.05) is 13.8 Å². The van der Waals surface area contributed by atoms with Gasteiger partial charge in [0.15, 0.2) is 5.78 Å². The summed E-state index contributed by atoms with van der Waals surface area (Å²) in [6.07, 6.45) is 2.29. The number of ketones is 1. The third kappa shape index (κ3) is 3.16. The molecule has 0 unspecified atom stereocenters. The highest BCUT2D eigenvalue weighted by atomic mass is 16.3. The Morgan fingerprint density at radius 1 is 1.47 bits per heavy atom. The van der Waals surface area contributed by atoms with Crippen LogP contribution in [0.2, 0.25) is 0 Å². The maximum Gasteiger partial charge on any atom is 0.168 e. The molecule has 0 heterocycles. The molecule has 0 aliphatic heterocycles. The third-order valence-corrected chi connectivity index (χ3v) is 2.35. The second-order valence-electron chi connectivity index (χ2n) is 4.56. The first-order valence-corrected chi connectivity index (χ1v) is 5.02. The molecule has 0 aromatic heterocycles. The fourth-order valence-corrected chi connectivity index (χ4v) is 1.66. The lowest BCUT2D eigenvalue weighted by atomic mass is 9.77. The molecule has 0 spiro atoms. The van der Waals surface area contributed by atoms with E-state index in [0.717, 1.165) is 0 Å². The van der Waals surface area contributed by atoms with E-state index in [2.05, 4.69) is 4.99 Å². The van der Waals surface area contributed by atoms with Crippen LogP contribution < -0.4 is 0 Å². The topological polar surface area (TPSA) is 69.9 Å². The molecule has 0 amide bonds. The van der Waals surface area contributed by atoms with Crippen LogP contribution in [-0.4, -0.2) is 35.4 Å². The van der Waals surface area contributed by atoms with E-state index in [1.165, 1.54) is 6.21 Å². The zero-order chi connectivity index (χ0) is 11.5. The summed E-state index contributed by atoms with van der Waals surface area (Å²) in [7, 11) is 0. The van der Waals surface area contributed by atoms with Crippen molar-refractivity contribution in [2.75, 3.05) is 13.2 Å². The third-order valence-electron chi connectivity index (χ3n) is 2.35. The Hall–Kier alpha value is -1.16. The molecule has 15 heavy (non-hydrogen) atoms. The van der Waals surface area contributed by atoms with Crippen LogP contribution >= 0.6 is 0 Å². The molecule has 0 atom stereocenters. The molecule has 1 aliphatic carbocycles. The summed E-state index contributed by atoms with van der Waals surface area (Å²) < 4.78 is 0. The van der Waals surface area contributed by atoms with E-state index in [4.69, 9.17) is 5.11 Å². The normalized spacial score (nSPS) is 21.4. The Labute approximate surface area is 89.3 Å². The molecular weight excluding hydrogens is 194 g/mol. The highest BCUT2D eigenvalue weighted by Gasteiger charge is 2.32. The summed E-state index contributed by atoms with van der Waals surface area (Å²) in [6, 6.07) is 0. The van der Waals surface area contributed by atoms with Crippen molar-refractivity contribution >= 4 is 12.0 Å². The lowest BCUT2D eigenvalue weighted by Gasteiger charge is -2.28. The van der Waals surface area contributed by atoms with E-state index in [1.54, 1.807) is 0 Å². The lowest BCUT2D eigenvalue weighted by Crippen LogP contribution is -2.26. The predicted octanol–water partition coefficient (Wildman–Crippen LogP) is 1.25. The van der Waals surface area contributed by atoms with Gasteiger partial charge in [-0.3, -0.25) is 9.79 Å². The van der Waals surface area contributed by atoms with Crippen LogP contribution in [-0.2, 0) is 4.79 Å². The van der Waals surface area contributed by atoms with E-state index in [-0.39, 0.29) is 30.1 Å². The molecule has 4 heteroatoms. The number of Topliss-reactive ketones (excluding diaryl/α,β-unsaturated/α-hetero) is 1. The summed E-state index contributed by atoms with van der Waals surface area (Å²) in [5, 5.41) is 18.2. The molecule has 0 saturated carbocycles. The van der Waals surface area contributed by atoms with Crippen molar-refractivity contribution in [3.63, 3.8) is 0 Å². The number of nitrogens with zero attached hydrogens (tertiary/aromatic N) is 1. The standard InChI is InChI=1S/C11H17NO3/c1-11(2)5-9(14)8(10(15)6-11)7-12-3-4-13/h7,13-14H,3-6H2,1-2H3. The van der Waals surface area contributed by atoms with Gasteiger partial charge in [-0.15, -0.1) is 0 Å². The number of aliphatic imine (C=N–C) groups is 1. The monoisotopic (exact) mass is 211 g/mol. The molecular formula is C11H17NO3. The molecule has 0 fully saturated rings. The van der Waals surface area contributed by atoms with Gasteiger partial charge in [-0.25, -0.2) is 0 Å². The van der Waals surface area contributed by atoms with Gasteiger partial charge >= 0.3 is 0 Å². The highest BCUT2D eigenvalue weighted by Crippen LogP contribution is 2.34. The number of hydrogen-bond acceptors (Lipinski definition) is 4. The molecule has 0 aromatic rings. The Balaban J connectivity index is 2.83. The minimum Gasteiger partial charge on any atom is -0.511 e. The van der Waals surface area contributed by atoms with Gasteiger partial charge in [-0.05, 0) is 5.41 Å². The summed E-state index contributed by atoms with van der Waals surface area (Å²) in [5.74, 6) is 0.0309. The summed E-state index contributed by atoms with van der Waals surface area (Å²) >= 11 is 0. The molecule has 0 saturated heterocycles. The van der Waals surface area contributed by atoms with E-state index >= 15 is 0 Å². The second-order valence-corrected chi connectivity index (χ2v) is 4.56. The molecule has 1 rings (SSSR count). The average molecular weight is 211 g/mol. The summed E-state index contributed by atoms with van der Waals surface area (Å²) in [6.45, 7) is 4.10. The molecule has 2 N–H and O–H groups in total. The predicted molar refractivity (Wildman–Crippen MR) is 58.1 cm³/mol. The van der Waals surface area contributed by atoms with Crippen molar-refractivity contribution in [3.05, 3.63) is 11.3 Å². The average Bonchev–Trinajstić information content (AvgIpc) is 2.08. The molecule has 0 radical (unpaired) electrons. The fourth-order valence-electron chi connectivity index (χ4n) is 1.66. The zero-order valence-electron chi connectivity index (χ0n) is 9.16. The van der Waals surface area contributed by atoms with Crippen molar-refractivity contribution in [1.29, 1.82) is 0 Å². The highest BCUT2D eigenvalue weighted by molar-refractivity contribution is 6.14. The molecule has 1 aliphatic rings. The van der Waals surface area contributed by atoms with E-state index < -0.39 is 0 Å². The summed E-state index contributed by atoms with van der Waals surface area (Å²) in [5.41, 5.74) is 0.123. The number of allylic oxidation sites excluding steroid dienone is 2. The van der Waals surface area contributed by atoms with Crippen molar-refractivity contribution in [1.82, 2.24) is 0 Å². The Morgan fingerprint density at radius 3 is 2.67 bits per heavy atom. The van der Waals surface area contributed by atoms with E-state index in [0.29, 0.717) is 18.4 Å². The molecule has 0 aromatic carbocycles. The van der Waals surface area contributed by atoms with Gasteiger partial charge in [0.05, 0.1) is 18.7 Å². The van der Waals surface area contributed by atoms with Crippen LogP contribution in [0.5, 0.6) is 0 Å². The molecule has 0 bridgehead atoms. The van der Waals surface area contributed by atoms with Crippen LogP contribution in [0.25, 0.3) is 0 Å². The van der Waals surface area contributed by atoms with Gasteiger partial charge in [0.1, 0.15) is 5.76 Å².